The molecule has 0 radical (unpaired) electrons. The topological polar surface area (TPSA) is 84.5 Å². The number of anilines is 1. The third kappa shape index (κ3) is 5.29. The Morgan fingerprint density at radius 1 is 1.03 bits per heavy atom. The fraction of sp³-hybridized carbons (Fsp3) is 0.240. The SMILES string of the molecule is Cc1cccc(NS(=O)(=O)c2ccc(OCC(=O)N[C@H]3CCCc4ccccc43)cc2)c1. The molecule has 166 valence electrons. The van der Waals surface area contributed by atoms with E-state index in [0.29, 0.717) is 11.4 Å². The maximum Gasteiger partial charge on any atom is 0.261 e. The number of benzene rings is 3. The molecule has 4 rings (SSSR count). The van der Waals surface area contributed by atoms with Crippen LogP contribution in [0.25, 0.3) is 0 Å². The lowest BCUT2D eigenvalue weighted by Gasteiger charge is -2.26. The van der Waals surface area contributed by atoms with Crippen molar-refractivity contribution < 1.29 is 17.9 Å². The van der Waals surface area contributed by atoms with Crippen LogP contribution in [0.2, 0.25) is 0 Å². The smallest absolute Gasteiger partial charge is 0.261 e. The second kappa shape index (κ2) is 9.44. The lowest BCUT2D eigenvalue weighted by Crippen LogP contribution is -2.34. The fourth-order valence-electron chi connectivity index (χ4n) is 3.93. The van der Waals surface area contributed by atoms with Crippen LogP contribution in [-0.2, 0) is 21.2 Å². The van der Waals surface area contributed by atoms with E-state index in [1.54, 1.807) is 30.3 Å². The molecule has 32 heavy (non-hydrogen) atoms. The Hall–Kier alpha value is -3.32. The molecule has 0 aromatic heterocycles. The van der Waals surface area contributed by atoms with Crippen LogP contribution in [0.3, 0.4) is 0 Å². The van der Waals surface area contributed by atoms with Crippen LogP contribution in [0.5, 0.6) is 5.75 Å². The summed E-state index contributed by atoms with van der Waals surface area (Å²) in [5.41, 5.74) is 3.92. The third-order valence-electron chi connectivity index (χ3n) is 5.48. The van der Waals surface area contributed by atoms with Crippen LogP contribution in [0.15, 0.2) is 77.7 Å². The lowest BCUT2D eigenvalue weighted by molar-refractivity contribution is -0.124. The van der Waals surface area contributed by atoms with Crippen LogP contribution < -0.4 is 14.8 Å². The van der Waals surface area contributed by atoms with E-state index in [9.17, 15) is 13.2 Å². The Labute approximate surface area is 188 Å². The van der Waals surface area contributed by atoms with Gasteiger partial charge in [0.15, 0.2) is 6.61 Å². The van der Waals surface area contributed by atoms with Crippen molar-refractivity contribution in [3.8, 4) is 5.75 Å². The monoisotopic (exact) mass is 450 g/mol. The van der Waals surface area contributed by atoms with Gasteiger partial charge in [0.2, 0.25) is 0 Å². The number of ether oxygens (including phenoxy) is 1. The summed E-state index contributed by atoms with van der Waals surface area (Å²) in [7, 11) is -3.71. The van der Waals surface area contributed by atoms with Crippen molar-refractivity contribution >= 4 is 21.6 Å². The molecule has 0 heterocycles. The summed E-state index contributed by atoms with van der Waals surface area (Å²) in [5.74, 6) is 0.225. The lowest BCUT2D eigenvalue weighted by atomic mass is 9.88. The standard InChI is InChI=1S/C25H26N2O4S/c1-18-6-4-9-20(16-18)27-32(29,30)22-14-12-21(13-15-22)31-17-25(28)26-24-11-5-8-19-7-2-3-10-23(19)24/h2-4,6-7,9-10,12-16,24,27H,5,8,11,17H2,1H3,(H,26,28)/t24-/m0/s1. The van der Waals surface area contributed by atoms with Crippen molar-refractivity contribution in [1.29, 1.82) is 0 Å². The molecule has 1 aliphatic carbocycles. The van der Waals surface area contributed by atoms with Gasteiger partial charge in [0.05, 0.1) is 10.9 Å². The van der Waals surface area contributed by atoms with Gasteiger partial charge in [0.25, 0.3) is 15.9 Å². The summed E-state index contributed by atoms with van der Waals surface area (Å²) in [6.07, 6.45) is 2.98. The molecule has 1 atom stereocenters. The van der Waals surface area contributed by atoms with E-state index in [1.165, 1.54) is 23.3 Å². The molecular weight excluding hydrogens is 424 g/mol. The quantitative estimate of drug-likeness (QED) is 0.560. The maximum atomic E-state index is 12.6. The van der Waals surface area contributed by atoms with Crippen LogP contribution >= 0.6 is 0 Å². The fourth-order valence-corrected chi connectivity index (χ4v) is 4.98. The molecule has 0 spiro atoms. The maximum absolute atomic E-state index is 12.6. The average Bonchev–Trinajstić information content (AvgIpc) is 2.78. The number of nitrogens with one attached hydrogen (secondary N) is 2. The number of hydrogen-bond donors (Lipinski definition) is 2. The van der Waals surface area contributed by atoms with Gasteiger partial charge in [-0.05, 0) is 79.3 Å². The molecule has 1 aliphatic rings. The average molecular weight is 451 g/mol. The predicted octanol–water partition coefficient (Wildman–Crippen LogP) is 4.37. The van der Waals surface area contributed by atoms with Gasteiger partial charge < -0.3 is 10.1 Å². The zero-order valence-electron chi connectivity index (χ0n) is 17.9. The van der Waals surface area contributed by atoms with Gasteiger partial charge in [-0.2, -0.15) is 0 Å². The van der Waals surface area contributed by atoms with E-state index in [1.807, 2.05) is 25.1 Å². The van der Waals surface area contributed by atoms with Crippen molar-refractivity contribution in [1.82, 2.24) is 5.32 Å². The molecule has 0 unspecified atom stereocenters. The Kier molecular flexibility index (Phi) is 6.46. The van der Waals surface area contributed by atoms with Gasteiger partial charge in [0, 0.05) is 5.69 Å². The van der Waals surface area contributed by atoms with E-state index in [4.69, 9.17) is 4.74 Å². The molecule has 2 N–H and O–H groups in total. The van der Waals surface area contributed by atoms with Crippen molar-refractivity contribution in [2.24, 2.45) is 0 Å². The molecule has 0 fully saturated rings. The minimum Gasteiger partial charge on any atom is -0.484 e. The molecular formula is C25H26N2O4S. The highest BCUT2D eigenvalue weighted by molar-refractivity contribution is 7.92. The van der Waals surface area contributed by atoms with Gasteiger partial charge in [-0.15, -0.1) is 0 Å². The van der Waals surface area contributed by atoms with Crippen LogP contribution in [-0.4, -0.2) is 20.9 Å². The second-order valence-electron chi connectivity index (χ2n) is 7.95. The zero-order chi connectivity index (χ0) is 22.6. The number of sulfonamides is 1. The van der Waals surface area contributed by atoms with Gasteiger partial charge in [-0.3, -0.25) is 9.52 Å². The Balaban J connectivity index is 1.33. The molecule has 3 aromatic carbocycles. The molecule has 7 heteroatoms. The summed E-state index contributed by atoms with van der Waals surface area (Å²) in [6, 6.07) is 21.3. The van der Waals surface area contributed by atoms with Crippen molar-refractivity contribution in [3.05, 3.63) is 89.5 Å². The first kappa shape index (κ1) is 21.9. The van der Waals surface area contributed by atoms with Crippen LogP contribution in [0.1, 0.15) is 35.6 Å². The van der Waals surface area contributed by atoms with E-state index >= 15 is 0 Å². The van der Waals surface area contributed by atoms with Gasteiger partial charge in [-0.1, -0.05) is 36.4 Å². The minimum atomic E-state index is -3.71. The largest absolute Gasteiger partial charge is 0.484 e. The highest BCUT2D eigenvalue weighted by atomic mass is 32.2. The highest BCUT2D eigenvalue weighted by Gasteiger charge is 2.21. The highest BCUT2D eigenvalue weighted by Crippen LogP contribution is 2.29. The van der Waals surface area contributed by atoms with Crippen molar-refractivity contribution in [2.75, 3.05) is 11.3 Å². The summed E-state index contributed by atoms with van der Waals surface area (Å²) in [5, 5.41) is 3.04. The molecule has 1 amide bonds. The summed E-state index contributed by atoms with van der Waals surface area (Å²) in [6.45, 7) is 1.76. The van der Waals surface area contributed by atoms with E-state index in [-0.39, 0.29) is 23.5 Å². The summed E-state index contributed by atoms with van der Waals surface area (Å²) >= 11 is 0. The molecule has 0 saturated carbocycles. The number of amides is 1. The molecule has 6 nitrogen and oxygen atoms in total. The Morgan fingerprint density at radius 3 is 2.59 bits per heavy atom. The van der Waals surface area contributed by atoms with E-state index < -0.39 is 10.0 Å². The number of rotatable bonds is 7. The zero-order valence-corrected chi connectivity index (χ0v) is 18.7. The van der Waals surface area contributed by atoms with Crippen molar-refractivity contribution in [3.63, 3.8) is 0 Å². The van der Waals surface area contributed by atoms with Crippen molar-refractivity contribution in [2.45, 2.75) is 37.1 Å². The number of aryl methyl sites for hydroxylation is 2. The number of hydrogen-bond acceptors (Lipinski definition) is 4. The molecule has 0 saturated heterocycles. The second-order valence-corrected chi connectivity index (χ2v) is 9.63. The first-order valence-corrected chi connectivity index (χ1v) is 12.1. The molecule has 0 aliphatic heterocycles. The molecule has 0 bridgehead atoms. The number of carbonyl (C=O) groups excluding carboxylic acids is 1. The first-order chi connectivity index (χ1) is 15.4. The Bertz CT molecular complexity index is 1210. The van der Waals surface area contributed by atoms with Gasteiger partial charge in [0.1, 0.15) is 5.75 Å². The number of fused-ring (bicyclic) bond motifs is 1. The molecule has 3 aromatic rings. The number of carbonyl (C=O) groups is 1. The van der Waals surface area contributed by atoms with E-state index in [2.05, 4.69) is 22.2 Å². The van der Waals surface area contributed by atoms with Gasteiger partial charge >= 0.3 is 0 Å². The van der Waals surface area contributed by atoms with Crippen LogP contribution in [0, 0.1) is 6.92 Å². The Morgan fingerprint density at radius 2 is 1.81 bits per heavy atom. The minimum absolute atomic E-state index is 0.00346. The summed E-state index contributed by atoms with van der Waals surface area (Å²) < 4.78 is 33.3. The summed E-state index contributed by atoms with van der Waals surface area (Å²) in [4.78, 5) is 12.5. The van der Waals surface area contributed by atoms with Gasteiger partial charge in [-0.25, -0.2) is 8.42 Å². The van der Waals surface area contributed by atoms with Crippen LogP contribution in [0.4, 0.5) is 5.69 Å². The predicted molar refractivity (Wildman–Crippen MR) is 124 cm³/mol. The first-order valence-electron chi connectivity index (χ1n) is 10.6. The van der Waals surface area contributed by atoms with E-state index in [0.717, 1.165) is 24.8 Å². The third-order valence-corrected chi connectivity index (χ3v) is 6.88. The normalized spacial score (nSPS) is 15.5.